The number of carbonyl (C=O) groups excluding carboxylic acids is 1. The molecule has 3 atom stereocenters. The Balaban J connectivity index is 1.95. The van der Waals surface area contributed by atoms with Crippen LogP contribution in [0.3, 0.4) is 0 Å². The van der Waals surface area contributed by atoms with Gasteiger partial charge in [0.15, 0.2) is 0 Å². The highest BCUT2D eigenvalue weighted by molar-refractivity contribution is 5.77. The number of amides is 1. The molecule has 0 aromatic heterocycles. The summed E-state index contributed by atoms with van der Waals surface area (Å²) in [5.74, 6) is 2.18. The Morgan fingerprint density at radius 2 is 1.89 bits per heavy atom. The summed E-state index contributed by atoms with van der Waals surface area (Å²) < 4.78 is 0. The molecule has 0 N–H and O–H groups in total. The van der Waals surface area contributed by atoms with Gasteiger partial charge in [-0.25, -0.2) is 0 Å². The third-order valence-corrected chi connectivity index (χ3v) is 5.39. The number of rotatable bonds is 2. The minimum absolute atomic E-state index is 0.197. The predicted octanol–water partition coefficient (Wildman–Crippen LogP) is 3.87. The molecule has 2 aliphatic rings. The van der Waals surface area contributed by atoms with E-state index in [0.29, 0.717) is 23.7 Å². The molecule has 0 aromatic rings. The lowest BCUT2D eigenvalue weighted by Gasteiger charge is -2.37. The minimum Gasteiger partial charge on any atom is -0.342 e. The molecule has 1 heterocycles. The van der Waals surface area contributed by atoms with Gasteiger partial charge in [0.1, 0.15) is 0 Å². The standard InChI is InChI=1S/C17H29NO/c1-12-8-13(2)11-18(10-12)16(19)9-15-7-6-14(3)17(15,4)5/h6,12-13,15H,7-11H2,1-5H3. The molecule has 1 fully saturated rings. The fourth-order valence-corrected chi connectivity index (χ4v) is 3.74. The van der Waals surface area contributed by atoms with Gasteiger partial charge in [0, 0.05) is 19.5 Å². The lowest BCUT2D eigenvalue weighted by molar-refractivity contribution is -0.135. The fraction of sp³-hybridized carbons (Fsp3) is 0.824. The van der Waals surface area contributed by atoms with Gasteiger partial charge in [0.25, 0.3) is 0 Å². The van der Waals surface area contributed by atoms with Crippen molar-refractivity contribution >= 4 is 5.91 Å². The van der Waals surface area contributed by atoms with Crippen LogP contribution in [0.1, 0.15) is 53.9 Å². The molecule has 108 valence electrons. The van der Waals surface area contributed by atoms with Crippen LogP contribution in [0.15, 0.2) is 11.6 Å². The van der Waals surface area contributed by atoms with Gasteiger partial charge in [-0.1, -0.05) is 39.3 Å². The normalized spacial score (nSPS) is 34.3. The number of allylic oxidation sites excluding steroid dienone is 2. The zero-order valence-electron chi connectivity index (χ0n) is 13.2. The molecule has 0 bridgehead atoms. The van der Waals surface area contributed by atoms with E-state index in [1.807, 2.05) is 0 Å². The Kier molecular flexibility index (Phi) is 4.08. The topological polar surface area (TPSA) is 20.3 Å². The van der Waals surface area contributed by atoms with E-state index < -0.39 is 0 Å². The molecular formula is C17H29NO. The first-order valence-electron chi connectivity index (χ1n) is 7.75. The van der Waals surface area contributed by atoms with Crippen molar-refractivity contribution in [2.45, 2.75) is 53.9 Å². The smallest absolute Gasteiger partial charge is 0.222 e. The number of likely N-dealkylation sites (tertiary alicyclic amines) is 1. The third kappa shape index (κ3) is 3.04. The summed E-state index contributed by atoms with van der Waals surface area (Å²) >= 11 is 0. The second-order valence-electron chi connectivity index (χ2n) is 7.49. The van der Waals surface area contributed by atoms with E-state index >= 15 is 0 Å². The Hall–Kier alpha value is -0.790. The summed E-state index contributed by atoms with van der Waals surface area (Å²) in [5.41, 5.74) is 1.65. The summed E-state index contributed by atoms with van der Waals surface area (Å²) in [4.78, 5) is 14.7. The van der Waals surface area contributed by atoms with E-state index in [1.165, 1.54) is 12.0 Å². The number of hydrogen-bond donors (Lipinski definition) is 0. The Bertz CT molecular complexity index is 373. The molecule has 0 spiro atoms. The summed E-state index contributed by atoms with van der Waals surface area (Å²) in [6, 6.07) is 0. The molecule has 2 heteroatoms. The fourth-order valence-electron chi connectivity index (χ4n) is 3.74. The molecule has 0 saturated carbocycles. The molecule has 1 aliphatic heterocycles. The SMILES string of the molecule is CC1=CCC(CC(=O)N2CC(C)CC(C)C2)C1(C)C. The molecule has 1 amide bonds. The quantitative estimate of drug-likeness (QED) is 0.692. The van der Waals surface area contributed by atoms with Gasteiger partial charge in [-0.3, -0.25) is 4.79 Å². The molecular weight excluding hydrogens is 234 g/mol. The number of piperidine rings is 1. The van der Waals surface area contributed by atoms with Crippen molar-refractivity contribution in [3.63, 3.8) is 0 Å². The van der Waals surface area contributed by atoms with Crippen LogP contribution in [0.5, 0.6) is 0 Å². The molecule has 3 unspecified atom stereocenters. The second kappa shape index (κ2) is 5.30. The summed E-state index contributed by atoms with van der Waals surface area (Å²) in [5, 5.41) is 0. The van der Waals surface area contributed by atoms with Crippen LogP contribution >= 0.6 is 0 Å². The minimum atomic E-state index is 0.197. The predicted molar refractivity (Wildman–Crippen MR) is 79.8 cm³/mol. The first-order chi connectivity index (χ1) is 8.80. The maximum absolute atomic E-state index is 12.5. The molecule has 0 radical (unpaired) electrons. The largest absolute Gasteiger partial charge is 0.342 e. The van der Waals surface area contributed by atoms with Gasteiger partial charge >= 0.3 is 0 Å². The van der Waals surface area contributed by atoms with Gasteiger partial charge in [-0.05, 0) is 42.9 Å². The van der Waals surface area contributed by atoms with Crippen LogP contribution < -0.4 is 0 Å². The molecule has 2 nitrogen and oxygen atoms in total. The van der Waals surface area contributed by atoms with Gasteiger partial charge in [-0.15, -0.1) is 0 Å². The van der Waals surface area contributed by atoms with Crippen LogP contribution in [0, 0.1) is 23.2 Å². The highest BCUT2D eigenvalue weighted by atomic mass is 16.2. The van der Waals surface area contributed by atoms with Crippen LogP contribution in [-0.2, 0) is 4.79 Å². The van der Waals surface area contributed by atoms with Crippen molar-refractivity contribution in [2.75, 3.05) is 13.1 Å². The first-order valence-corrected chi connectivity index (χ1v) is 7.75. The van der Waals surface area contributed by atoms with E-state index in [1.54, 1.807) is 0 Å². The number of carbonyl (C=O) groups is 1. The van der Waals surface area contributed by atoms with E-state index in [2.05, 4.69) is 45.6 Å². The van der Waals surface area contributed by atoms with Crippen molar-refractivity contribution in [3.05, 3.63) is 11.6 Å². The maximum Gasteiger partial charge on any atom is 0.222 e. The zero-order valence-corrected chi connectivity index (χ0v) is 13.2. The maximum atomic E-state index is 12.5. The third-order valence-electron chi connectivity index (χ3n) is 5.39. The molecule has 1 aliphatic carbocycles. The Morgan fingerprint density at radius 3 is 2.37 bits per heavy atom. The molecule has 2 rings (SSSR count). The van der Waals surface area contributed by atoms with E-state index in [0.717, 1.165) is 25.9 Å². The highest BCUT2D eigenvalue weighted by Crippen LogP contribution is 2.44. The van der Waals surface area contributed by atoms with Crippen molar-refractivity contribution in [1.82, 2.24) is 4.90 Å². The van der Waals surface area contributed by atoms with Crippen molar-refractivity contribution in [3.8, 4) is 0 Å². The van der Waals surface area contributed by atoms with Crippen molar-refractivity contribution < 1.29 is 4.79 Å². The Labute approximate surface area is 118 Å². The van der Waals surface area contributed by atoms with E-state index in [9.17, 15) is 4.79 Å². The van der Waals surface area contributed by atoms with Gasteiger partial charge in [0.2, 0.25) is 5.91 Å². The summed E-state index contributed by atoms with van der Waals surface area (Å²) in [7, 11) is 0. The monoisotopic (exact) mass is 263 g/mol. The highest BCUT2D eigenvalue weighted by Gasteiger charge is 2.37. The summed E-state index contributed by atoms with van der Waals surface area (Å²) in [6.45, 7) is 13.2. The van der Waals surface area contributed by atoms with Gasteiger partial charge in [-0.2, -0.15) is 0 Å². The molecule has 0 aromatic carbocycles. The number of hydrogen-bond acceptors (Lipinski definition) is 1. The lowest BCUT2D eigenvalue weighted by atomic mass is 9.76. The van der Waals surface area contributed by atoms with Crippen LogP contribution in [-0.4, -0.2) is 23.9 Å². The Morgan fingerprint density at radius 1 is 1.32 bits per heavy atom. The van der Waals surface area contributed by atoms with Gasteiger partial charge < -0.3 is 4.90 Å². The van der Waals surface area contributed by atoms with E-state index in [-0.39, 0.29) is 5.41 Å². The van der Waals surface area contributed by atoms with Crippen molar-refractivity contribution in [1.29, 1.82) is 0 Å². The van der Waals surface area contributed by atoms with Crippen molar-refractivity contribution in [2.24, 2.45) is 23.2 Å². The van der Waals surface area contributed by atoms with Gasteiger partial charge in [0.05, 0.1) is 0 Å². The zero-order chi connectivity index (χ0) is 14.2. The van der Waals surface area contributed by atoms with Crippen LogP contribution in [0.25, 0.3) is 0 Å². The molecule has 19 heavy (non-hydrogen) atoms. The van der Waals surface area contributed by atoms with Crippen LogP contribution in [0.4, 0.5) is 0 Å². The number of nitrogens with zero attached hydrogens (tertiary/aromatic N) is 1. The second-order valence-corrected chi connectivity index (χ2v) is 7.49. The average molecular weight is 263 g/mol. The average Bonchev–Trinajstić information content (AvgIpc) is 2.54. The first kappa shape index (κ1) is 14.6. The summed E-state index contributed by atoms with van der Waals surface area (Å²) in [6.07, 6.45) is 5.38. The molecule has 1 saturated heterocycles. The van der Waals surface area contributed by atoms with E-state index in [4.69, 9.17) is 0 Å². The lowest BCUT2D eigenvalue weighted by Crippen LogP contribution is -2.43. The van der Waals surface area contributed by atoms with Crippen LogP contribution in [0.2, 0.25) is 0 Å².